The molecule has 2 aliphatic rings. The van der Waals surface area contributed by atoms with Crippen molar-refractivity contribution in [2.45, 2.75) is 25.3 Å². The van der Waals surface area contributed by atoms with Crippen LogP contribution < -0.4 is 19.7 Å². The van der Waals surface area contributed by atoms with Gasteiger partial charge in [-0.05, 0) is 19.3 Å². The van der Waals surface area contributed by atoms with Crippen molar-refractivity contribution in [1.29, 1.82) is 0 Å². The average Bonchev–Trinajstić information content (AvgIpc) is 3.12. The SMILES string of the molecule is COc1cc(OC)nc(N2CCC(C(=O)NC3CCOCC3)C2)n1. The van der Waals surface area contributed by atoms with Crippen LogP contribution in [0.4, 0.5) is 5.95 Å². The number of carbonyl (C=O) groups is 1. The molecule has 24 heavy (non-hydrogen) atoms. The van der Waals surface area contributed by atoms with Crippen molar-refractivity contribution in [3.63, 3.8) is 0 Å². The van der Waals surface area contributed by atoms with Gasteiger partial charge in [-0.2, -0.15) is 9.97 Å². The minimum atomic E-state index is -0.0476. The fraction of sp³-hybridized carbons (Fsp3) is 0.688. The lowest BCUT2D eigenvalue weighted by molar-refractivity contribution is -0.125. The van der Waals surface area contributed by atoms with Gasteiger partial charge in [0.2, 0.25) is 23.6 Å². The molecule has 0 saturated carbocycles. The molecule has 2 saturated heterocycles. The highest BCUT2D eigenvalue weighted by molar-refractivity contribution is 5.80. The van der Waals surface area contributed by atoms with Crippen molar-refractivity contribution in [1.82, 2.24) is 15.3 Å². The summed E-state index contributed by atoms with van der Waals surface area (Å²) in [6.45, 7) is 2.78. The topological polar surface area (TPSA) is 85.8 Å². The van der Waals surface area contributed by atoms with Gasteiger partial charge in [-0.1, -0.05) is 0 Å². The lowest BCUT2D eigenvalue weighted by Crippen LogP contribution is -2.42. The van der Waals surface area contributed by atoms with Gasteiger partial charge in [-0.15, -0.1) is 0 Å². The monoisotopic (exact) mass is 336 g/mol. The number of methoxy groups -OCH3 is 2. The number of anilines is 1. The predicted molar refractivity (Wildman–Crippen MR) is 87.4 cm³/mol. The second-order valence-corrected chi connectivity index (χ2v) is 6.08. The van der Waals surface area contributed by atoms with Crippen LogP contribution in [-0.4, -0.2) is 62.4 Å². The standard InChI is InChI=1S/C16H24N4O4/c1-22-13-9-14(23-2)19-16(18-13)20-6-3-11(10-20)15(21)17-12-4-7-24-8-5-12/h9,11-12H,3-8,10H2,1-2H3,(H,17,21). The van der Waals surface area contributed by atoms with Crippen molar-refractivity contribution >= 4 is 11.9 Å². The van der Waals surface area contributed by atoms with Gasteiger partial charge in [-0.3, -0.25) is 4.79 Å². The van der Waals surface area contributed by atoms with Crippen molar-refractivity contribution in [3.8, 4) is 11.8 Å². The summed E-state index contributed by atoms with van der Waals surface area (Å²) in [5, 5.41) is 3.14. The predicted octanol–water partition coefficient (Wildman–Crippen LogP) is 0.615. The van der Waals surface area contributed by atoms with Gasteiger partial charge >= 0.3 is 0 Å². The second kappa shape index (κ2) is 7.65. The summed E-state index contributed by atoms with van der Waals surface area (Å²) in [5.74, 6) is 1.50. The molecule has 3 rings (SSSR count). The first kappa shape index (κ1) is 16.8. The Labute approximate surface area is 141 Å². The van der Waals surface area contributed by atoms with Gasteiger partial charge in [0, 0.05) is 32.3 Å². The van der Waals surface area contributed by atoms with Crippen LogP contribution in [0.5, 0.6) is 11.8 Å². The van der Waals surface area contributed by atoms with E-state index >= 15 is 0 Å². The molecule has 132 valence electrons. The van der Waals surface area contributed by atoms with Crippen molar-refractivity contribution < 1.29 is 19.0 Å². The van der Waals surface area contributed by atoms with E-state index in [9.17, 15) is 4.79 Å². The van der Waals surface area contributed by atoms with Crippen LogP contribution in [-0.2, 0) is 9.53 Å². The smallest absolute Gasteiger partial charge is 0.231 e. The first-order valence-corrected chi connectivity index (χ1v) is 8.29. The van der Waals surface area contributed by atoms with Gasteiger partial charge in [0.1, 0.15) is 0 Å². The Morgan fingerprint density at radius 3 is 2.50 bits per heavy atom. The summed E-state index contributed by atoms with van der Waals surface area (Å²) < 4.78 is 15.7. The minimum absolute atomic E-state index is 0.0476. The highest BCUT2D eigenvalue weighted by Crippen LogP contribution is 2.25. The Hall–Kier alpha value is -2.09. The maximum atomic E-state index is 12.5. The molecule has 8 heteroatoms. The summed E-state index contributed by atoms with van der Waals surface area (Å²) in [6.07, 6.45) is 2.56. The molecule has 0 bridgehead atoms. The van der Waals surface area contributed by atoms with E-state index in [1.165, 1.54) is 0 Å². The molecular formula is C16H24N4O4. The number of nitrogens with zero attached hydrogens (tertiary/aromatic N) is 3. The van der Waals surface area contributed by atoms with Gasteiger partial charge in [0.05, 0.1) is 26.2 Å². The Bertz CT molecular complexity index is 555. The normalized spacial score (nSPS) is 21.6. The molecule has 3 heterocycles. The molecule has 1 N–H and O–H groups in total. The Morgan fingerprint density at radius 2 is 1.88 bits per heavy atom. The first-order chi connectivity index (χ1) is 11.7. The fourth-order valence-electron chi connectivity index (χ4n) is 3.06. The average molecular weight is 336 g/mol. The van der Waals surface area contributed by atoms with E-state index in [4.69, 9.17) is 14.2 Å². The van der Waals surface area contributed by atoms with Crippen molar-refractivity contribution in [3.05, 3.63) is 6.07 Å². The summed E-state index contributed by atoms with van der Waals surface area (Å²) in [4.78, 5) is 23.2. The lowest BCUT2D eigenvalue weighted by Gasteiger charge is -2.24. The van der Waals surface area contributed by atoms with E-state index < -0.39 is 0 Å². The molecule has 1 amide bonds. The number of rotatable bonds is 5. The van der Waals surface area contributed by atoms with E-state index in [0.29, 0.717) is 24.3 Å². The number of aromatic nitrogens is 2. The molecule has 2 aliphatic heterocycles. The maximum Gasteiger partial charge on any atom is 0.231 e. The largest absolute Gasteiger partial charge is 0.481 e. The zero-order valence-electron chi connectivity index (χ0n) is 14.2. The van der Waals surface area contributed by atoms with Crippen LogP contribution in [0.25, 0.3) is 0 Å². The Morgan fingerprint density at radius 1 is 1.21 bits per heavy atom. The third kappa shape index (κ3) is 3.87. The Kier molecular flexibility index (Phi) is 5.34. The molecule has 0 aliphatic carbocycles. The van der Waals surface area contributed by atoms with E-state index in [2.05, 4.69) is 15.3 Å². The number of amides is 1. The molecule has 0 aromatic carbocycles. The van der Waals surface area contributed by atoms with Gasteiger partial charge in [-0.25, -0.2) is 0 Å². The zero-order valence-corrected chi connectivity index (χ0v) is 14.2. The second-order valence-electron chi connectivity index (χ2n) is 6.08. The Balaban J connectivity index is 1.61. The lowest BCUT2D eigenvalue weighted by atomic mass is 10.1. The third-order valence-electron chi connectivity index (χ3n) is 4.50. The fourth-order valence-corrected chi connectivity index (χ4v) is 3.06. The molecule has 8 nitrogen and oxygen atoms in total. The zero-order chi connectivity index (χ0) is 16.9. The van der Waals surface area contributed by atoms with E-state index in [1.54, 1.807) is 20.3 Å². The first-order valence-electron chi connectivity index (χ1n) is 8.29. The molecule has 2 fully saturated rings. The summed E-state index contributed by atoms with van der Waals surface area (Å²) >= 11 is 0. The van der Waals surface area contributed by atoms with Gasteiger partial charge in [0.25, 0.3) is 0 Å². The molecule has 0 spiro atoms. The number of ether oxygens (including phenoxy) is 3. The molecule has 1 aromatic heterocycles. The summed E-state index contributed by atoms with van der Waals surface area (Å²) in [7, 11) is 3.11. The number of carbonyl (C=O) groups excluding carboxylic acids is 1. The van der Waals surface area contributed by atoms with Crippen molar-refractivity contribution in [2.75, 3.05) is 45.4 Å². The van der Waals surface area contributed by atoms with E-state index in [-0.39, 0.29) is 17.9 Å². The van der Waals surface area contributed by atoms with Crippen LogP contribution in [0.1, 0.15) is 19.3 Å². The third-order valence-corrected chi connectivity index (χ3v) is 4.50. The highest BCUT2D eigenvalue weighted by atomic mass is 16.5. The highest BCUT2D eigenvalue weighted by Gasteiger charge is 2.31. The molecule has 1 unspecified atom stereocenters. The van der Waals surface area contributed by atoms with E-state index in [1.807, 2.05) is 4.90 Å². The van der Waals surface area contributed by atoms with Gasteiger partial charge in [0.15, 0.2) is 0 Å². The quantitative estimate of drug-likeness (QED) is 0.843. The maximum absolute atomic E-state index is 12.5. The van der Waals surface area contributed by atoms with Gasteiger partial charge < -0.3 is 24.4 Å². The molecule has 1 aromatic rings. The molecule has 0 radical (unpaired) electrons. The molecule has 1 atom stereocenters. The molecular weight excluding hydrogens is 312 g/mol. The van der Waals surface area contributed by atoms with E-state index in [0.717, 1.165) is 39.0 Å². The summed E-state index contributed by atoms with van der Waals surface area (Å²) in [6, 6.07) is 1.86. The van der Waals surface area contributed by atoms with Crippen LogP contribution in [0, 0.1) is 5.92 Å². The number of hydrogen-bond donors (Lipinski definition) is 1. The number of hydrogen-bond acceptors (Lipinski definition) is 7. The summed E-state index contributed by atoms with van der Waals surface area (Å²) in [5.41, 5.74) is 0. The van der Waals surface area contributed by atoms with Crippen LogP contribution >= 0.6 is 0 Å². The number of nitrogens with one attached hydrogen (secondary N) is 1. The van der Waals surface area contributed by atoms with Crippen LogP contribution in [0.2, 0.25) is 0 Å². The van der Waals surface area contributed by atoms with Crippen molar-refractivity contribution in [2.24, 2.45) is 5.92 Å². The van der Waals surface area contributed by atoms with Crippen LogP contribution in [0.3, 0.4) is 0 Å². The van der Waals surface area contributed by atoms with Crippen LogP contribution in [0.15, 0.2) is 6.07 Å². The minimum Gasteiger partial charge on any atom is -0.481 e.